The van der Waals surface area contributed by atoms with E-state index >= 15 is 0 Å². The standard InChI is InChI=1S/C28H25N3O7S/c32-25(18-7-3-1-4-8-18)24-22-17-21(39(37,38)29-20-13-15-30(16-14-20)28(35)36)11-12-23(22)31(27(24)34)26(33)19-9-5-2-6-10-19/h1-12,17,20,29,32H,13-16H2,(H,35,36)/b25-24-. The topological polar surface area (TPSA) is 144 Å². The Hall–Kier alpha value is -4.48. The van der Waals surface area contributed by atoms with Crippen LogP contribution in [-0.4, -0.2) is 60.6 Å². The summed E-state index contributed by atoms with van der Waals surface area (Å²) < 4.78 is 29.2. The molecular formula is C28H25N3O7S. The molecule has 2 heterocycles. The fraction of sp³-hybridized carbons (Fsp3) is 0.179. The zero-order valence-electron chi connectivity index (χ0n) is 20.6. The first-order valence-corrected chi connectivity index (χ1v) is 13.7. The van der Waals surface area contributed by atoms with Crippen LogP contribution in [0.15, 0.2) is 83.8 Å². The molecule has 5 rings (SSSR count). The van der Waals surface area contributed by atoms with Gasteiger partial charge >= 0.3 is 6.09 Å². The van der Waals surface area contributed by atoms with Crippen LogP contribution < -0.4 is 9.62 Å². The van der Waals surface area contributed by atoms with Crippen molar-refractivity contribution in [2.45, 2.75) is 23.8 Å². The second-order valence-electron chi connectivity index (χ2n) is 9.25. The largest absolute Gasteiger partial charge is 0.506 e. The molecule has 1 fully saturated rings. The molecule has 0 spiro atoms. The number of fused-ring (bicyclic) bond motifs is 1. The van der Waals surface area contributed by atoms with Crippen molar-refractivity contribution in [2.75, 3.05) is 18.0 Å². The number of imide groups is 1. The van der Waals surface area contributed by atoms with Gasteiger partial charge in [0.2, 0.25) is 10.0 Å². The summed E-state index contributed by atoms with van der Waals surface area (Å²) in [5, 5.41) is 20.3. The number of hydrogen-bond acceptors (Lipinski definition) is 6. The van der Waals surface area contributed by atoms with Crippen LogP contribution in [-0.2, 0) is 14.8 Å². The van der Waals surface area contributed by atoms with Gasteiger partial charge in [0.25, 0.3) is 11.8 Å². The van der Waals surface area contributed by atoms with E-state index in [-0.39, 0.29) is 46.1 Å². The predicted octanol–water partition coefficient (Wildman–Crippen LogP) is 3.72. The Kier molecular flexibility index (Phi) is 6.94. The van der Waals surface area contributed by atoms with E-state index < -0.39 is 34.0 Å². The van der Waals surface area contributed by atoms with Crippen molar-refractivity contribution in [3.8, 4) is 0 Å². The number of sulfonamides is 1. The molecule has 10 nitrogen and oxygen atoms in total. The molecule has 39 heavy (non-hydrogen) atoms. The van der Waals surface area contributed by atoms with Gasteiger partial charge in [-0.1, -0.05) is 48.5 Å². The van der Waals surface area contributed by atoms with Gasteiger partial charge in [-0.3, -0.25) is 9.59 Å². The first-order valence-electron chi connectivity index (χ1n) is 12.2. The maximum absolute atomic E-state index is 13.6. The van der Waals surface area contributed by atoms with Crippen LogP contribution in [0.5, 0.6) is 0 Å². The first-order chi connectivity index (χ1) is 18.7. The van der Waals surface area contributed by atoms with E-state index in [0.29, 0.717) is 18.4 Å². The highest BCUT2D eigenvalue weighted by Gasteiger charge is 2.40. The monoisotopic (exact) mass is 547 g/mol. The molecule has 3 aromatic carbocycles. The third-order valence-corrected chi connectivity index (χ3v) is 8.32. The van der Waals surface area contributed by atoms with E-state index in [1.807, 2.05) is 0 Å². The molecule has 0 unspecified atom stereocenters. The zero-order valence-corrected chi connectivity index (χ0v) is 21.5. The molecule has 1 saturated heterocycles. The van der Waals surface area contributed by atoms with Crippen LogP contribution in [0, 0.1) is 0 Å². The number of carbonyl (C=O) groups is 3. The summed E-state index contributed by atoms with van der Waals surface area (Å²) in [4.78, 5) is 40.2. The molecule has 0 aromatic heterocycles. The van der Waals surface area contributed by atoms with Crippen molar-refractivity contribution in [3.63, 3.8) is 0 Å². The number of nitrogens with zero attached hydrogens (tertiary/aromatic N) is 2. The Morgan fingerprint density at radius 2 is 1.44 bits per heavy atom. The van der Waals surface area contributed by atoms with E-state index in [1.165, 1.54) is 23.1 Å². The summed E-state index contributed by atoms with van der Waals surface area (Å²) in [6.45, 7) is 0.408. The zero-order chi connectivity index (χ0) is 27.7. The van der Waals surface area contributed by atoms with Crippen molar-refractivity contribution in [3.05, 3.63) is 95.6 Å². The molecule has 11 heteroatoms. The number of carboxylic acid groups (broad SMARTS) is 1. The summed E-state index contributed by atoms with van der Waals surface area (Å²) in [6, 6.07) is 20.0. The third-order valence-electron chi connectivity index (χ3n) is 6.80. The molecule has 0 radical (unpaired) electrons. The van der Waals surface area contributed by atoms with E-state index in [1.54, 1.807) is 60.7 Å². The molecule has 200 valence electrons. The number of nitrogens with one attached hydrogen (secondary N) is 1. The summed E-state index contributed by atoms with van der Waals surface area (Å²) >= 11 is 0. The number of piperidine rings is 1. The normalized spacial score (nSPS) is 17.2. The fourth-order valence-corrected chi connectivity index (χ4v) is 6.10. The molecular weight excluding hydrogens is 522 g/mol. The van der Waals surface area contributed by atoms with Crippen LogP contribution in [0.25, 0.3) is 11.3 Å². The van der Waals surface area contributed by atoms with Crippen LogP contribution in [0.4, 0.5) is 10.5 Å². The Morgan fingerprint density at radius 1 is 0.846 bits per heavy atom. The molecule has 3 aromatic rings. The second-order valence-corrected chi connectivity index (χ2v) is 11.0. The Labute approximate surface area is 224 Å². The molecule has 0 aliphatic carbocycles. The van der Waals surface area contributed by atoms with Crippen molar-refractivity contribution in [2.24, 2.45) is 0 Å². The summed E-state index contributed by atoms with van der Waals surface area (Å²) in [7, 11) is -4.08. The lowest BCUT2D eigenvalue weighted by Crippen LogP contribution is -2.46. The van der Waals surface area contributed by atoms with Crippen molar-refractivity contribution in [1.82, 2.24) is 9.62 Å². The SMILES string of the molecule is O=C(O)N1CCC(NS(=O)(=O)c2ccc3c(c2)/C(=C(/O)c2ccccc2)C(=O)N3C(=O)c2ccccc2)CC1. The lowest BCUT2D eigenvalue weighted by molar-refractivity contribution is -0.112. The highest BCUT2D eigenvalue weighted by molar-refractivity contribution is 7.89. The van der Waals surface area contributed by atoms with Gasteiger partial charge in [0.15, 0.2) is 0 Å². The average molecular weight is 548 g/mol. The third kappa shape index (κ3) is 5.01. The van der Waals surface area contributed by atoms with Gasteiger partial charge in [0.1, 0.15) is 5.76 Å². The highest BCUT2D eigenvalue weighted by atomic mass is 32.2. The van der Waals surface area contributed by atoms with Gasteiger partial charge in [-0.05, 0) is 43.2 Å². The summed E-state index contributed by atoms with van der Waals surface area (Å²) in [5.41, 5.74) is 0.655. The number of carbonyl (C=O) groups excluding carboxylic acids is 2. The number of hydrogen-bond donors (Lipinski definition) is 3. The fourth-order valence-electron chi connectivity index (χ4n) is 4.77. The van der Waals surface area contributed by atoms with Crippen LogP contribution in [0.3, 0.4) is 0 Å². The average Bonchev–Trinajstić information content (AvgIpc) is 3.24. The second kappa shape index (κ2) is 10.4. The van der Waals surface area contributed by atoms with E-state index in [9.17, 15) is 27.9 Å². The van der Waals surface area contributed by atoms with Gasteiger partial charge in [-0.2, -0.15) is 0 Å². The quantitative estimate of drug-likeness (QED) is 0.251. The van der Waals surface area contributed by atoms with E-state index in [0.717, 1.165) is 4.90 Å². The van der Waals surface area contributed by atoms with E-state index in [4.69, 9.17) is 5.11 Å². The van der Waals surface area contributed by atoms with Crippen LogP contribution in [0.1, 0.15) is 34.3 Å². The Bertz CT molecular complexity index is 1580. The molecule has 3 amide bonds. The number of likely N-dealkylation sites (tertiary alicyclic amines) is 1. The molecule has 2 aliphatic heterocycles. The minimum Gasteiger partial charge on any atom is -0.506 e. The molecule has 0 atom stereocenters. The number of benzene rings is 3. The highest BCUT2D eigenvalue weighted by Crippen LogP contribution is 2.42. The smallest absolute Gasteiger partial charge is 0.407 e. The lowest BCUT2D eigenvalue weighted by atomic mass is 10.0. The maximum atomic E-state index is 13.6. The van der Waals surface area contributed by atoms with Crippen molar-refractivity contribution in [1.29, 1.82) is 0 Å². The number of amides is 3. The first kappa shape index (κ1) is 26.1. The van der Waals surface area contributed by atoms with Crippen LogP contribution >= 0.6 is 0 Å². The van der Waals surface area contributed by atoms with Gasteiger partial charge in [0.05, 0.1) is 16.2 Å². The minimum absolute atomic E-state index is 0.106. The number of rotatable bonds is 5. The van der Waals surface area contributed by atoms with Gasteiger partial charge in [-0.25, -0.2) is 22.8 Å². The molecule has 2 aliphatic rings. The lowest BCUT2D eigenvalue weighted by Gasteiger charge is -2.30. The van der Waals surface area contributed by atoms with Crippen molar-refractivity contribution >= 4 is 45.0 Å². The number of aliphatic hydroxyl groups excluding tert-OH is 1. The van der Waals surface area contributed by atoms with Crippen LogP contribution in [0.2, 0.25) is 0 Å². The number of aliphatic hydroxyl groups is 1. The van der Waals surface area contributed by atoms with Gasteiger partial charge in [-0.15, -0.1) is 0 Å². The minimum atomic E-state index is -4.08. The van der Waals surface area contributed by atoms with Gasteiger partial charge in [0, 0.05) is 35.8 Å². The Balaban J connectivity index is 1.55. The molecule has 0 bridgehead atoms. The maximum Gasteiger partial charge on any atom is 0.407 e. The summed E-state index contributed by atoms with van der Waals surface area (Å²) in [6.07, 6.45) is -0.422. The molecule has 3 N–H and O–H groups in total. The van der Waals surface area contributed by atoms with Gasteiger partial charge < -0.3 is 15.1 Å². The number of anilines is 1. The molecule has 0 saturated carbocycles. The predicted molar refractivity (Wildman–Crippen MR) is 144 cm³/mol. The van der Waals surface area contributed by atoms with Crippen molar-refractivity contribution < 1.29 is 33.0 Å². The Morgan fingerprint density at radius 3 is 2.03 bits per heavy atom. The summed E-state index contributed by atoms with van der Waals surface area (Å²) in [5.74, 6) is -1.77. The van der Waals surface area contributed by atoms with E-state index in [2.05, 4.69) is 4.72 Å².